The molecule has 6 heteroatoms. The van der Waals surface area contributed by atoms with Crippen molar-refractivity contribution in [1.82, 2.24) is 10.6 Å². The number of carbonyl (C=O) groups excluding carboxylic acids is 1. The van der Waals surface area contributed by atoms with Crippen molar-refractivity contribution in [2.75, 3.05) is 13.1 Å². The Morgan fingerprint density at radius 3 is 2.91 bits per heavy atom. The molecule has 0 spiro atoms. The zero-order valence-electron chi connectivity index (χ0n) is 11.9. The SMILES string of the molecule is O=C(N[C@@H]1CNCC[C@H]1O)c1ccc(-c2ccccc2Cl)o1. The first kappa shape index (κ1) is 15.1. The minimum absolute atomic E-state index is 0.202. The van der Waals surface area contributed by atoms with Crippen molar-refractivity contribution in [2.45, 2.75) is 18.6 Å². The number of aliphatic hydroxyl groups is 1. The number of furan rings is 1. The molecule has 0 saturated carbocycles. The summed E-state index contributed by atoms with van der Waals surface area (Å²) in [6, 6.07) is 10.3. The molecule has 0 bridgehead atoms. The predicted molar refractivity (Wildman–Crippen MR) is 83.9 cm³/mol. The lowest BCUT2D eigenvalue weighted by molar-refractivity contribution is 0.0734. The van der Waals surface area contributed by atoms with Gasteiger partial charge in [0.1, 0.15) is 5.76 Å². The summed E-state index contributed by atoms with van der Waals surface area (Å²) in [7, 11) is 0. The van der Waals surface area contributed by atoms with Crippen LogP contribution < -0.4 is 10.6 Å². The molecule has 0 radical (unpaired) electrons. The summed E-state index contributed by atoms with van der Waals surface area (Å²) in [5, 5.41) is 16.4. The molecule has 1 fully saturated rings. The molecular formula is C16H17ClN2O3. The molecule has 1 saturated heterocycles. The second-order valence-corrected chi connectivity index (χ2v) is 5.69. The normalized spacial score (nSPS) is 21.5. The fraction of sp³-hybridized carbons (Fsp3) is 0.312. The maximum absolute atomic E-state index is 12.2. The summed E-state index contributed by atoms with van der Waals surface area (Å²) in [6.45, 7) is 1.30. The van der Waals surface area contributed by atoms with E-state index in [-0.39, 0.29) is 17.7 Å². The van der Waals surface area contributed by atoms with Crippen LogP contribution in [0.4, 0.5) is 0 Å². The van der Waals surface area contributed by atoms with E-state index >= 15 is 0 Å². The standard InChI is InChI=1S/C16H17ClN2O3/c17-11-4-2-1-3-10(11)14-5-6-15(22-14)16(21)19-12-9-18-8-7-13(12)20/h1-6,12-13,18,20H,7-9H2,(H,19,21)/t12-,13-/m1/s1. The Hall–Kier alpha value is -1.82. The number of nitrogens with one attached hydrogen (secondary N) is 2. The third-order valence-corrected chi connectivity index (χ3v) is 4.06. The molecule has 0 unspecified atom stereocenters. The third-order valence-electron chi connectivity index (χ3n) is 3.73. The largest absolute Gasteiger partial charge is 0.451 e. The van der Waals surface area contributed by atoms with Gasteiger partial charge in [-0.3, -0.25) is 4.79 Å². The smallest absolute Gasteiger partial charge is 0.287 e. The first-order valence-corrected chi connectivity index (χ1v) is 7.57. The van der Waals surface area contributed by atoms with Crippen LogP contribution >= 0.6 is 11.6 Å². The third kappa shape index (κ3) is 3.16. The van der Waals surface area contributed by atoms with Crippen LogP contribution in [-0.2, 0) is 0 Å². The lowest BCUT2D eigenvalue weighted by Gasteiger charge is -2.28. The number of piperidine rings is 1. The van der Waals surface area contributed by atoms with Crippen LogP contribution in [0.5, 0.6) is 0 Å². The van der Waals surface area contributed by atoms with Crippen molar-refractivity contribution in [3.05, 3.63) is 47.2 Å². The zero-order valence-corrected chi connectivity index (χ0v) is 12.6. The van der Waals surface area contributed by atoms with E-state index in [1.807, 2.05) is 18.2 Å². The summed E-state index contributed by atoms with van der Waals surface area (Å²) >= 11 is 6.12. The van der Waals surface area contributed by atoms with E-state index in [0.29, 0.717) is 23.7 Å². The van der Waals surface area contributed by atoms with Gasteiger partial charge in [-0.05, 0) is 37.2 Å². The summed E-state index contributed by atoms with van der Waals surface area (Å²) in [6.07, 6.45) is 0.0803. The van der Waals surface area contributed by atoms with Gasteiger partial charge in [-0.1, -0.05) is 23.7 Å². The maximum atomic E-state index is 12.2. The molecule has 0 aliphatic carbocycles. The second-order valence-electron chi connectivity index (χ2n) is 5.28. The van der Waals surface area contributed by atoms with Crippen LogP contribution in [0.1, 0.15) is 17.0 Å². The fourth-order valence-corrected chi connectivity index (χ4v) is 2.73. The number of rotatable bonds is 3. The highest BCUT2D eigenvalue weighted by Gasteiger charge is 2.25. The number of amides is 1. The first-order valence-electron chi connectivity index (χ1n) is 7.19. The quantitative estimate of drug-likeness (QED) is 0.809. The van der Waals surface area contributed by atoms with Gasteiger partial charge in [0.05, 0.1) is 17.2 Å². The number of hydrogen-bond donors (Lipinski definition) is 3. The molecule has 1 aromatic carbocycles. The molecule has 2 atom stereocenters. The maximum Gasteiger partial charge on any atom is 0.287 e. The van der Waals surface area contributed by atoms with Crippen LogP contribution in [0.25, 0.3) is 11.3 Å². The Morgan fingerprint density at radius 2 is 2.14 bits per heavy atom. The average Bonchev–Trinajstić information content (AvgIpc) is 3.00. The molecule has 1 aliphatic rings. The van der Waals surface area contributed by atoms with E-state index in [2.05, 4.69) is 10.6 Å². The summed E-state index contributed by atoms with van der Waals surface area (Å²) in [5.41, 5.74) is 0.739. The van der Waals surface area contributed by atoms with E-state index in [4.69, 9.17) is 16.0 Å². The summed E-state index contributed by atoms with van der Waals surface area (Å²) < 4.78 is 5.59. The molecular weight excluding hydrogens is 304 g/mol. The van der Waals surface area contributed by atoms with Gasteiger partial charge in [0.2, 0.25) is 0 Å². The van der Waals surface area contributed by atoms with Gasteiger partial charge in [0.25, 0.3) is 5.91 Å². The molecule has 22 heavy (non-hydrogen) atoms. The van der Waals surface area contributed by atoms with Crippen molar-refractivity contribution < 1.29 is 14.3 Å². The van der Waals surface area contributed by atoms with Gasteiger partial charge in [0, 0.05) is 12.1 Å². The van der Waals surface area contributed by atoms with Crippen LogP contribution in [0.3, 0.4) is 0 Å². The summed E-state index contributed by atoms with van der Waals surface area (Å²) in [4.78, 5) is 12.2. The van der Waals surface area contributed by atoms with Crippen LogP contribution in [-0.4, -0.2) is 36.2 Å². The number of benzene rings is 1. The predicted octanol–water partition coefficient (Wildman–Crippen LogP) is 2.05. The molecule has 5 nitrogen and oxygen atoms in total. The van der Waals surface area contributed by atoms with E-state index < -0.39 is 6.10 Å². The Bertz CT molecular complexity index is 671. The van der Waals surface area contributed by atoms with E-state index in [1.54, 1.807) is 18.2 Å². The highest BCUT2D eigenvalue weighted by Crippen LogP contribution is 2.29. The number of halogens is 1. The van der Waals surface area contributed by atoms with E-state index in [1.165, 1.54) is 0 Å². The zero-order chi connectivity index (χ0) is 15.5. The molecule has 2 aromatic rings. The van der Waals surface area contributed by atoms with Crippen molar-refractivity contribution in [1.29, 1.82) is 0 Å². The van der Waals surface area contributed by atoms with Gasteiger partial charge in [0.15, 0.2) is 5.76 Å². The van der Waals surface area contributed by atoms with E-state index in [9.17, 15) is 9.90 Å². The van der Waals surface area contributed by atoms with Crippen LogP contribution in [0, 0.1) is 0 Å². The Morgan fingerprint density at radius 1 is 1.32 bits per heavy atom. The average molecular weight is 321 g/mol. The molecule has 1 aliphatic heterocycles. The Labute approximate surface area is 133 Å². The molecule has 3 N–H and O–H groups in total. The van der Waals surface area contributed by atoms with Gasteiger partial charge in [-0.25, -0.2) is 0 Å². The van der Waals surface area contributed by atoms with E-state index in [0.717, 1.165) is 12.1 Å². The van der Waals surface area contributed by atoms with Crippen LogP contribution in [0.2, 0.25) is 5.02 Å². The highest BCUT2D eigenvalue weighted by atomic mass is 35.5. The molecule has 1 amide bonds. The lowest BCUT2D eigenvalue weighted by Crippen LogP contribution is -2.53. The number of carbonyl (C=O) groups is 1. The van der Waals surface area contributed by atoms with Crippen molar-refractivity contribution >= 4 is 17.5 Å². The number of hydrogen-bond acceptors (Lipinski definition) is 4. The molecule has 3 rings (SSSR count). The molecule has 116 valence electrons. The summed E-state index contributed by atoms with van der Waals surface area (Å²) in [5.74, 6) is 0.400. The minimum atomic E-state index is -0.539. The van der Waals surface area contributed by atoms with Gasteiger partial charge < -0.3 is 20.2 Å². The second kappa shape index (κ2) is 6.52. The topological polar surface area (TPSA) is 74.5 Å². The highest BCUT2D eigenvalue weighted by molar-refractivity contribution is 6.33. The van der Waals surface area contributed by atoms with Crippen molar-refractivity contribution in [2.24, 2.45) is 0 Å². The molecule has 1 aromatic heterocycles. The Balaban J connectivity index is 1.73. The minimum Gasteiger partial charge on any atom is -0.451 e. The van der Waals surface area contributed by atoms with Gasteiger partial charge >= 0.3 is 0 Å². The first-order chi connectivity index (χ1) is 10.6. The molecule has 2 heterocycles. The van der Waals surface area contributed by atoms with Gasteiger partial charge in [-0.15, -0.1) is 0 Å². The van der Waals surface area contributed by atoms with Crippen LogP contribution in [0.15, 0.2) is 40.8 Å². The lowest BCUT2D eigenvalue weighted by atomic mass is 10.0. The van der Waals surface area contributed by atoms with Crippen molar-refractivity contribution in [3.8, 4) is 11.3 Å². The fourth-order valence-electron chi connectivity index (χ4n) is 2.50. The Kier molecular flexibility index (Phi) is 4.47. The van der Waals surface area contributed by atoms with Crippen molar-refractivity contribution in [3.63, 3.8) is 0 Å². The monoisotopic (exact) mass is 320 g/mol. The van der Waals surface area contributed by atoms with Gasteiger partial charge in [-0.2, -0.15) is 0 Å². The number of aliphatic hydroxyl groups excluding tert-OH is 1.